The van der Waals surface area contributed by atoms with Gasteiger partial charge in [0.25, 0.3) is 5.69 Å². The van der Waals surface area contributed by atoms with Crippen LogP contribution in [0.1, 0.15) is 12.8 Å². The number of non-ortho nitro benzene ring substituents is 1. The second kappa shape index (κ2) is 9.94. The number of benzene rings is 1. The number of hydrogen-bond donors (Lipinski definition) is 6. The maximum Gasteiger partial charge on any atom is 0.320 e. The van der Waals surface area contributed by atoms with E-state index in [1.807, 2.05) is 0 Å². The number of rotatable bonds is 6. The van der Waals surface area contributed by atoms with Crippen molar-refractivity contribution in [1.29, 1.82) is 5.41 Å². The summed E-state index contributed by atoms with van der Waals surface area (Å²) in [4.78, 5) is 19.8. The molecule has 1 rings (SSSR count). The summed E-state index contributed by atoms with van der Waals surface area (Å²) in [6.07, 6.45) is 0.975. The number of nitrogen functional groups attached to an aromatic ring is 1. The summed E-state index contributed by atoms with van der Waals surface area (Å²) in [7, 11) is 0. The first-order valence-corrected chi connectivity index (χ1v) is 6.30. The van der Waals surface area contributed by atoms with Crippen LogP contribution in [0, 0.1) is 15.5 Å². The van der Waals surface area contributed by atoms with Crippen molar-refractivity contribution >= 4 is 23.3 Å². The van der Waals surface area contributed by atoms with Crippen molar-refractivity contribution in [2.24, 2.45) is 11.5 Å². The standard InChI is InChI=1S/C6H14N4O2.C6H6N2O2/c7-4(5(11)12)2-1-3-10-6(8)9;7-5-1-3-6(4-2-5)8(9)10/h4H,1-3,7H2,(H,11,12)(H4,8,9,10);1-4H,7H2/t4-;/m0./s1. The van der Waals surface area contributed by atoms with Crippen LogP contribution in [0.15, 0.2) is 24.3 Å². The van der Waals surface area contributed by atoms with Gasteiger partial charge in [-0.15, -0.1) is 0 Å². The maximum atomic E-state index is 10.2. The van der Waals surface area contributed by atoms with E-state index in [2.05, 4.69) is 5.32 Å². The molecule has 10 heteroatoms. The van der Waals surface area contributed by atoms with Crippen molar-refractivity contribution in [3.05, 3.63) is 34.4 Å². The highest BCUT2D eigenvalue weighted by atomic mass is 16.6. The van der Waals surface area contributed by atoms with E-state index in [0.29, 0.717) is 25.1 Å². The molecule has 0 fully saturated rings. The van der Waals surface area contributed by atoms with E-state index in [0.717, 1.165) is 0 Å². The smallest absolute Gasteiger partial charge is 0.320 e. The minimum atomic E-state index is -1.00. The molecular weight excluding hydrogens is 292 g/mol. The molecule has 1 aromatic rings. The van der Waals surface area contributed by atoms with Gasteiger partial charge in [0.2, 0.25) is 0 Å². The van der Waals surface area contributed by atoms with E-state index >= 15 is 0 Å². The van der Waals surface area contributed by atoms with Crippen LogP contribution >= 0.6 is 0 Å². The van der Waals surface area contributed by atoms with Crippen molar-refractivity contribution in [1.82, 2.24) is 5.32 Å². The van der Waals surface area contributed by atoms with Gasteiger partial charge in [-0.1, -0.05) is 0 Å². The molecule has 0 heterocycles. The summed E-state index contributed by atoms with van der Waals surface area (Å²) in [6.45, 7) is 0.482. The average Bonchev–Trinajstić information content (AvgIpc) is 2.44. The fraction of sp³-hybridized carbons (Fsp3) is 0.333. The maximum absolute atomic E-state index is 10.2. The molecule has 1 atom stereocenters. The molecule has 22 heavy (non-hydrogen) atoms. The van der Waals surface area contributed by atoms with E-state index in [9.17, 15) is 14.9 Å². The van der Waals surface area contributed by atoms with Gasteiger partial charge in [0.1, 0.15) is 6.04 Å². The fourth-order valence-electron chi connectivity index (χ4n) is 1.26. The van der Waals surface area contributed by atoms with Gasteiger partial charge in [-0.05, 0) is 25.0 Å². The lowest BCUT2D eigenvalue weighted by Gasteiger charge is -2.06. The zero-order chi connectivity index (χ0) is 17.1. The van der Waals surface area contributed by atoms with Gasteiger partial charge in [-0.2, -0.15) is 0 Å². The van der Waals surface area contributed by atoms with E-state index < -0.39 is 16.9 Å². The third-order valence-corrected chi connectivity index (χ3v) is 2.43. The van der Waals surface area contributed by atoms with Gasteiger partial charge >= 0.3 is 5.97 Å². The number of nitrogens with two attached hydrogens (primary N) is 3. The van der Waals surface area contributed by atoms with Crippen molar-refractivity contribution in [3.8, 4) is 0 Å². The number of nitrogens with one attached hydrogen (secondary N) is 2. The number of hydrogen-bond acceptors (Lipinski definition) is 6. The zero-order valence-electron chi connectivity index (χ0n) is 11.9. The molecule has 0 bridgehead atoms. The van der Waals surface area contributed by atoms with E-state index in [-0.39, 0.29) is 11.6 Å². The molecule has 0 aromatic heterocycles. The van der Waals surface area contributed by atoms with Crippen molar-refractivity contribution in [2.75, 3.05) is 12.3 Å². The monoisotopic (exact) mass is 312 g/mol. The summed E-state index contributed by atoms with van der Waals surface area (Å²) in [5.74, 6) is -1.11. The molecule has 122 valence electrons. The van der Waals surface area contributed by atoms with Crippen LogP contribution in [0.3, 0.4) is 0 Å². The van der Waals surface area contributed by atoms with Crippen LogP contribution in [-0.2, 0) is 4.79 Å². The SMILES string of the molecule is N=C(N)NCCC[C@H](N)C(=O)O.Nc1ccc([N+](=O)[O-])cc1. The molecule has 9 N–H and O–H groups in total. The summed E-state index contributed by atoms with van der Waals surface area (Å²) in [6, 6.07) is 4.92. The number of carboxylic acids is 1. The van der Waals surface area contributed by atoms with Gasteiger partial charge in [-0.3, -0.25) is 20.3 Å². The Balaban J connectivity index is 0.000000406. The molecule has 0 spiro atoms. The normalized spacial score (nSPS) is 10.8. The van der Waals surface area contributed by atoms with Crippen molar-refractivity contribution in [3.63, 3.8) is 0 Å². The largest absolute Gasteiger partial charge is 0.480 e. The summed E-state index contributed by atoms with van der Waals surface area (Å²) < 4.78 is 0. The first-order valence-electron chi connectivity index (χ1n) is 6.30. The van der Waals surface area contributed by atoms with Crippen LogP contribution in [0.2, 0.25) is 0 Å². The quantitative estimate of drug-likeness (QED) is 0.104. The minimum absolute atomic E-state index is 0.0641. The highest BCUT2D eigenvalue weighted by Crippen LogP contribution is 2.12. The molecule has 0 saturated carbocycles. The minimum Gasteiger partial charge on any atom is -0.480 e. The number of anilines is 1. The second-order valence-corrected chi connectivity index (χ2v) is 4.28. The third kappa shape index (κ3) is 9.09. The van der Waals surface area contributed by atoms with Crippen LogP contribution in [0.5, 0.6) is 0 Å². The fourth-order valence-corrected chi connectivity index (χ4v) is 1.26. The Morgan fingerprint density at radius 2 is 1.95 bits per heavy atom. The van der Waals surface area contributed by atoms with Crippen LogP contribution in [0.4, 0.5) is 11.4 Å². The number of nitrogens with zero attached hydrogens (tertiary/aromatic N) is 1. The first kappa shape index (κ1) is 19.1. The Bertz CT molecular complexity index is 505. The molecule has 0 radical (unpaired) electrons. The van der Waals surface area contributed by atoms with Gasteiger partial charge in [0.15, 0.2) is 5.96 Å². The number of nitro benzene ring substituents is 1. The topological polar surface area (TPSA) is 194 Å². The second-order valence-electron chi connectivity index (χ2n) is 4.28. The van der Waals surface area contributed by atoms with Crippen molar-refractivity contribution < 1.29 is 14.8 Å². The number of carboxylic acid groups (broad SMARTS) is 1. The Kier molecular flexibility index (Phi) is 8.63. The average molecular weight is 312 g/mol. The molecule has 1 aromatic carbocycles. The van der Waals surface area contributed by atoms with E-state index in [1.165, 1.54) is 24.3 Å². The Labute approximate surface area is 126 Å². The lowest BCUT2D eigenvalue weighted by atomic mass is 10.2. The van der Waals surface area contributed by atoms with Crippen LogP contribution in [-0.4, -0.2) is 34.5 Å². The molecule has 0 amide bonds. The van der Waals surface area contributed by atoms with Crippen LogP contribution in [0.25, 0.3) is 0 Å². The predicted molar refractivity (Wildman–Crippen MR) is 82.3 cm³/mol. The summed E-state index contributed by atoms with van der Waals surface area (Å²) >= 11 is 0. The summed E-state index contributed by atoms with van der Waals surface area (Å²) in [5.41, 5.74) is 16.1. The number of carbonyl (C=O) groups is 1. The zero-order valence-corrected chi connectivity index (χ0v) is 11.9. The third-order valence-electron chi connectivity index (χ3n) is 2.43. The summed E-state index contributed by atoms with van der Waals surface area (Å²) in [5, 5.41) is 27.8. The van der Waals surface area contributed by atoms with Crippen molar-refractivity contribution in [2.45, 2.75) is 18.9 Å². The lowest BCUT2D eigenvalue weighted by molar-refractivity contribution is -0.384. The van der Waals surface area contributed by atoms with E-state index in [4.69, 9.17) is 27.7 Å². The highest BCUT2D eigenvalue weighted by Gasteiger charge is 2.09. The lowest BCUT2D eigenvalue weighted by Crippen LogP contribution is -2.34. The van der Waals surface area contributed by atoms with Gasteiger partial charge in [0.05, 0.1) is 4.92 Å². The number of guanidine groups is 1. The number of aliphatic carboxylic acids is 1. The first-order chi connectivity index (χ1) is 10.2. The molecular formula is C12H20N6O4. The predicted octanol–water partition coefficient (Wildman–Crippen LogP) is -0.161. The molecule has 0 aliphatic heterocycles. The molecule has 0 unspecified atom stereocenters. The highest BCUT2D eigenvalue weighted by molar-refractivity contribution is 5.74. The Morgan fingerprint density at radius 3 is 2.36 bits per heavy atom. The molecule has 0 saturated heterocycles. The Hall–Kier alpha value is -2.88. The number of nitro groups is 1. The molecule has 0 aliphatic carbocycles. The van der Waals surface area contributed by atoms with Gasteiger partial charge in [-0.25, -0.2) is 0 Å². The molecule has 0 aliphatic rings. The Morgan fingerprint density at radius 1 is 1.41 bits per heavy atom. The molecule has 10 nitrogen and oxygen atoms in total. The van der Waals surface area contributed by atoms with E-state index in [1.54, 1.807) is 0 Å². The van der Waals surface area contributed by atoms with Crippen LogP contribution < -0.4 is 22.5 Å². The van der Waals surface area contributed by atoms with Gasteiger partial charge < -0.3 is 27.6 Å². The van der Waals surface area contributed by atoms with Gasteiger partial charge in [0, 0.05) is 24.4 Å².